The van der Waals surface area contributed by atoms with E-state index in [9.17, 15) is 4.79 Å². The summed E-state index contributed by atoms with van der Waals surface area (Å²) in [7, 11) is 0. The molecule has 0 amide bonds. The van der Waals surface area contributed by atoms with Crippen LogP contribution in [-0.2, 0) is 17.8 Å². The lowest BCUT2D eigenvalue weighted by atomic mass is 10.3. The summed E-state index contributed by atoms with van der Waals surface area (Å²) < 4.78 is 0. The van der Waals surface area contributed by atoms with Crippen molar-refractivity contribution < 1.29 is 9.90 Å². The van der Waals surface area contributed by atoms with E-state index in [-0.39, 0.29) is 18.8 Å². The maximum Gasteiger partial charge on any atom is 0.309 e. The first-order valence-corrected chi connectivity index (χ1v) is 3.95. The molecule has 0 unspecified atom stereocenters. The summed E-state index contributed by atoms with van der Waals surface area (Å²) in [5.41, 5.74) is 5.88. The third-order valence-electron chi connectivity index (χ3n) is 1.11. The van der Waals surface area contributed by atoms with E-state index in [0.717, 1.165) is 5.01 Å². The Labute approximate surface area is 79.8 Å². The fourth-order valence-electron chi connectivity index (χ4n) is 0.679. The predicted molar refractivity (Wildman–Crippen MR) is 48.6 cm³/mol. The van der Waals surface area contributed by atoms with Gasteiger partial charge in [-0.15, -0.1) is 23.7 Å². The van der Waals surface area contributed by atoms with Crippen LogP contribution in [0.1, 0.15) is 10.7 Å². The molecule has 1 heterocycles. The lowest BCUT2D eigenvalue weighted by Crippen LogP contribution is -2.01. The van der Waals surface area contributed by atoms with Gasteiger partial charge < -0.3 is 10.8 Å². The number of hydrogen-bond acceptors (Lipinski definition) is 4. The summed E-state index contributed by atoms with van der Waals surface area (Å²) in [6.07, 6.45) is -0.0174. The molecule has 0 bridgehead atoms. The minimum absolute atomic E-state index is 0. The Balaban J connectivity index is 0.00000121. The van der Waals surface area contributed by atoms with Gasteiger partial charge in [0.2, 0.25) is 0 Å². The molecule has 12 heavy (non-hydrogen) atoms. The van der Waals surface area contributed by atoms with Gasteiger partial charge in [0.05, 0.1) is 12.1 Å². The second-order valence-corrected chi connectivity index (χ2v) is 2.95. The number of halogens is 1. The zero-order chi connectivity index (χ0) is 8.27. The number of aromatic nitrogens is 1. The first kappa shape index (κ1) is 11.4. The lowest BCUT2D eigenvalue weighted by molar-refractivity contribution is -0.136. The summed E-state index contributed by atoms with van der Waals surface area (Å²) in [5.74, 6) is -0.862. The molecular weight excluding hydrogens is 200 g/mol. The van der Waals surface area contributed by atoms with Gasteiger partial charge in [0.1, 0.15) is 5.01 Å². The molecule has 0 saturated heterocycles. The predicted octanol–water partition coefficient (Wildman–Crippen LogP) is 0.651. The van der Waals surface area contributed by atoms with Crippen molar-refractivity contribution in [1.82, 2.24) is 4.98 Å². The van der Waals surface area contributed by atoms with Crippen LogP contribution in [0.25, 0.3) is 0 Å². The zero-order valence-electron chi connectivity index (χ0n) is 6.19. The molecule has 3 N–H and O–H groups in total. The standard InChI is InChI=1S/C6H8N2O2S.ClH/c7-2-5-8-4(3-11-5)1-6(9)10;/h3H,1-2,7H2,(H,9,10);1H. The van der Waals surface area contributed by atoms with Gasteiger partial charge in [0.25, 0.3) is 0 Å². The van der Waals surface area contributed by atoms with Crippen molar-refractivity contribution in [2.75, 3.05) is 0 Å². The van der Waals surface area contributed by atoms with Crippen molar-refractivity contribution in [2.24, 2.45) is 5.73 Å². The average molecular weight is 209 g/mol. The Kier molecular flexibility index (Phi) is 4.80. The number of thiazole rings is 1. The maximum absolute atomic E-state index is 10.2. The molecule has 0 aliphatic carbocycles. The van der Waals surface area contributed by atoms with Crippen LogP contribution < -0.4 is 5.73 Å². The summed E-state index contributed by atoms with van der Waals surface area (Å²) in [4.78, 5) is 14.2. The molecule has 0 aliphatic heterocycles. The molecule has 0 radical (unpaired) electrons. The number of aliphatic carboxylic acids is 1. The molecular formula is C6H9ClN2O2S. The number of nitrogens with zero attached hydrogens (tertiary/aromatic N) is 1. The molecule has 1 rings (SSSR count). The van der Waals surface area contributed by atoms with Crippen molar-refractivity contribution in [3.8, 4) is 0 Å². The van der Waals surface area contributed by atoms with Crippen molar-refractivity contribution in [3.05, 3.63) is 16.1 Å². The van der Waals surface area contributed by atoms with Crippen molar-refractivity contribution >= 4 is 29.7 Å². The quantitative estimate of drug-likeness (QED) is 0.765. The van der Waals surface area contributed by atoms with E-state index in [2.05, 4.69) is 4.98 Å². The Morgan fingerprint density at radius 1 is 1.75 bits per heavy atom. The Hall–Kier alpha value is -0.650. The molecule has 0 atom stereocenters. The molecule has 0 aliphatic rings. The molecule has 4 nitrogen and oxygen atoms in total. The van der Waals surface area contributed by atoms with Crippen LogP contribution in [0.3, 0.4) is 0 Å². The van der Waals surface area contributed by atoms with Gasteiger partial charge in [0, 0.05) is 11.9 Å². The highest BCUT2D eigenvalue weighted by atomic mass is 35.5. The van der Waals surface area contributed by atoms with Crippen molar-refractivity contribution in [3.63, 3.8) is 0 Å². The molecule has 0 aromatic carbocycles. The van der Waals surface area contributed by atoms with Gasteiger partial charge in [-0.1, -0.05) is 0 Å². The highest BCUT2D eigenvalue weighted by Crippen LogP contribution is 2.08. The van der Waals surface area contributed by atoms with E-state index in [1.165, 1.54) is 11.3 Å². The fraction of sp³-hybridized carbons (Fsp3) is 0.333. The second-order valence-electron chi connectivity index (χ2n) is 2.01. The van der Waals surface area contributed by atoms with Crippen LogP contribution in [0, 0.1) is 0 Å². The SMILES string of the molecule is Cl.NCc1nc(CC(=O)O)cs1. The molecule has 6 heteroatoms. The molecule has 0 saturated carbocycles. The van der Waals surface area contributed by atoms with E-state index in [1.807, 2.05) is 0 Å². The van der Waals surface area contributed by atoms with Gasteiger partial charge in [-0.25, -0.2) is 4.98 Å². The highest BCUT2D eigenvalue weighted by molar-refractivity contribution is 7.09. The average Bonchev–Trinajstić information content (AvgIpc) is 2.34. The van der Waals surface area contributed by atoms with E-state index in [1.54, 1.807) is 5.38 Å². The van der Waals surface area contributed by atoms with Crippen LogP contribution >= 0.6 is 23.7 Å². The highest BCUT2D eigenvalue weighted by Gasteiger charge is 2.03. The fourth-order valence-corrected chi connectivity index (χ4v) is 1.35. The second kappa shape index (κ2) is 5.08. The first-order chi connectivity index (χ1) is 5.22. The van der Waals surface area contributed by atoms with E-state index in [4.69, 9.17) is 10.8 Å². The summed E-state index contributed by atoms with van der Waals surface area (Å²) in [6, 6.07) is 0. The number of rotatable bonds is 3. The van der Waals surface area contributed by atoms with Gasteiger partial charge in [-0.2, -0.15) is 0 Å². The number of carbonyl (C=O) groups is 1. The molecule has 68 valence electrons. The van der Waals surface area contributed by atoms with Gasteiger partial charge in [0.15, 0.2) is 0 Å². The van der Waals surface area contributed by atoms with Crippen molar-refractivity contribution in [2.45, 2.75) is 13.0 Å². The third-order valence-corrected chi connectivity index (χ3v) is 2.03. The largest absolute Gasteiger partial charge is 0.481 e. The van der Waals surface area contributed by atoms with Gasteiger partial charge in [-0.3, -0.25) is 4.79 Å². The Bertz CT molecular complexity index is 264. The minimum atomic E-state index is -0.862. The normalized spacial score (nSPS) is 9.08. The third kappa shape index (κ3) is 3.17. The Morgan fingerprint density at radius 3 is 2.83 bits per heavy atom. The monoisotopic (exact) mass is 208 g/mol. The molecule has 1 aromatic heterocycles. The Morgan fingerprint density at radius 2 is 2.42 bits per heavy atom. The van der Waals surface area contributed by atoms with Crippen LogP contribution in [0.4, 0.5) is 0 Å². The summed E-state index contributed by atoms with van der Waals surface area (Å²) in [6.45, 7) is 0.379. The number of carboxylic acids is 1. The topological polar surface area (TPSA) is 76.2 Å². The van der Waals surface area contributed by atoms with E-state index < -0.39 is 5.97 Å². The minimum Gasteiger partial charge on any atom is -0.481 e. The van der Waals surface area contributed by atoms with Crippen LogP contribution in [-0.4, -0.2) is 16.1 Å². The van der Waals surface area contributed by atoms with Crippen molar-refractivity contribution in [1.29, 1.82) is 0 Å². The number of carboxylic acid groups (broad SMARTS) is 1. The van der Waals surface area contributed by atoms with E-state index >= 15 is 0 Å². The summed E-state index contributed by atoms with van der Waals surface area (Å²) in [5, 5.41) is 10.9. The maximum atomic E-state index is 10.2. The molecule has 0 fully saturated rings. The van der Waals surface area contributed by atoms with Crippen LogP contribution in [0.15, 0.2) is 5.38 Å². The summed E-state index contributed by atoms with van der Waals surface area (Å²) >= 11 is 1.39. The van der Waals surface area contributed by atoms with Crippen LogP contribution in [0.5, 0.6) is 0 Å². The lowest BCUT2D eigenvalue weighted by Gasteiger charge is -1.86. The first-order valence-electron chi connectivity index (χ1n) is 3.07. The van der Waals surface area contributed by atoms with Gasteiger partial charge in [-0.05, 0) is 0 Å². The van der Waals surface area contributed by atoms with Crippen LogP contribution in [0.2, 0.25) is 0 Å². The number of hydrogen-bond donors (Lipinski definition) is 2. The van der Waals surface area contributed by atoms with Gasteiger partial charge >= 0.3 is 5.97 Å². The zero-order valence-corrected chi connectivity index (χ0v) is 7.82. The molecule has 1 aromatic rings. The molecule has 0 spiro atoms. The van der Waals surface area contributed by atoms with E-state index in [0.29, 0.717) is 12.2 Å². The smallest absolute Gasteiger partial charge is 0.309 e. The number of nitrogens with two attached hydrogens (primary N) is 1.